The van der Waals surface area contributed by atoms with Crippen molar-refractivity contribution in [2.75, 3.05) is 18.4 Å². The van der Waals surface area contributed by atoms with E-state index in [-0.39, 0.29) is 11.3 Å². The lowest BCUT2D eigenvalue weighted by atomic mass is 9.85. The van der Waals surface area contributed by atoms with Gasteiger partial charge < -0.3 is 5.32 Å². The van der Waals surface area contributed by atoms with E-state index < -0.39 is 0 Å². The predicted octanol–water partition coefficient (Wildman–Crippen LogP) is 5.78. The van der Waals surface area contributed by atoms with Crippen molar-refractivity contribution in [1.29, 1.82) is 0 Å². The molecule has 1 aliphatic heterocycles. The molecule has 7 nitrogen and oxygen atoms in total. The highest BCUT2D eigenvalue weighted by Gasteiger charge is 2.19. The first kappa shape index (κ1) is 24.8. The zero-order chi connectivity index (χ0) is 26.0. The van der Waals surface area contributed by atoms with Gasteiger partial charge in [-0.15, -0.1) is 5.10 Å². The number of hydrogen-bond donors (Lipinski definition) is 1. The number of amides is 1. The standard InChI is InChI=1S/C30H34N6O/c1-21-9-10-23(16-27(21)28-20-36(34-33-28)26-8-7-11-31-18-26)29(37)32-25-15-22(19-35-12-5-6-13-35)14-24(17-25)30(2,3)4/h7-11,14-18,20H,5-6,12-13,19H2,1-4H3,(H,32,37). The van der Waals surface area contributed by atoms with Crippen molar-refractivity contribution in [2.45, 2.75) is 52.5 Å². The normalized spacial score (nSPS) is 14.2. The molecule has 37 heavy (non-hydrogen) atoms. The summed E-state index contributed by atoms with van der Waals surface area (Å²) in [6, 6.07) is 16.0. The number of aromatic nitrogens is 4. The van der Waals surface area contributed by atoms with E-state index in [9.17, 15) is 4.79 Å². The number of pyridine rings is 1. The number of aryl methyl sites for hydroxylation is 1. The minimum Gasteiger partial charge on any atom is -0.322 e. The fraction of sp³-hybridized carbons (Fsp3) is 0.333. The van der Waals surface area contributed by atoms with Crippen LogP contribution >= 0.6 is 0 Å². The number of hydrogen-bond acceptors (Lipinski definition) is 5. The molecule has 1 N–H and O–H groups in total. The molecule has 1 saturated heterocycles. The Kier molecular flexibility index (Phi) is 6.89. The van der Waals surface area contributed by atoms with Crippen LogP contribution < -0.4 is 5.32 Å². The quantitative estimate of drug-likeness (QED) is 0.368. The van der Waals surface area contributed by atoms with Crippen LogP contribution in [-0.2, 0) is 12.0 Å². The number of carbonyl (C=O) groups excluding carboxylic acids is 1. The molecule has 2 aromatic carbocycles. The molecule has 0 saturated carbocycles. The van der Waals surface area contributed by atoms with Gasteiger partial charge in [-0.2, -0.15) is 0 Å². The molecule has 1 aliphatic rings. The van der Waals surface area contributed by atoms with Gasteiger partial charge in [0.2, 0.25) is 0 Å². The van der Waals surface area contributed by atoms with Crippen LogP contribution in [0.3, 0.4) is 0 Å². The maximum absolute atomic E-state index is 13.4. The number of benzene rings is 2. The first-order valence-corrected chi connectivity index (χ1v) is 12.9. The second-order valence-corrected chi connectivity index (χ2v) is 10.9. The average Bonchev–Trinajstić information content (AvgIpc) is 3.57. The highest BCUT2D eigenvalue weighted by Crippen LogP contribution is 2.29. The molecule has 0 atom stereocenters. The molecule has 1 fully saturated rings. The third-order valence-corrected chi connectivity index (χ3v) is 6.90. The number of rotatable bonds is 6. The second-order valence-electron chi connectivity index (χ2n) is 10.9. The third-order valence-electron chi connectivity index (χ3n) is 6.90. The van der Waals surface area contributed by atoms with E-state index in [1.807, 2.05) is 43.5 Å². The van der Waals surface area contributed by atoms with Crippen LogP contribution in [0, 0.1) is 6.92 Å². The molecule has 5 rings (SSSR count). The third kappa shape index (κ3) is 5.78. The lowest BCUT2D eigenvalue weighted by Crippen LogP contribution is -2.20. The summed E-state index contributed by atoms with van der Waals surface area (Å²) >= 11 is 0. The number of anilines is 1. The van der Waals surface area contributed by atoms with Crippen LogP contribution in [-0.4, -0.2) is 43.9 Å². The maximum atomic E-state index is 13.4. The van der Waals surface area contributed by atoms with E-state index in [4.69, 9.17) is 0 Å². The molecular formula is C30H34N6O. The Morgan fingerprint density at radius 1 is 1.05 bits per heavy atom. The second kappa shape index (κ2) is 10.3. The Morgan fingerprint density at radius 2 is 1.86 bits per heavy atom. The van der Waals surface area contributed by atoms with E-state index in [0.29, 0.717) is 11.3 Å². The first-order valence-electron chi connectivity index (χ1n) is 12.9. The molecule has 0 bridgehead atoms. The van der Waals surface area contributed by atoms with Crippen LogP contribution in [0.1, 0.15) is 60.7 Å². The fourth-order valence-corrected chi connectivity index (χ4v) is 4.73. The molecule has 2 aromatic heterocycles. The van der Waals surface area contributed by atoms with Crippen molar-refractivity contribution < 1.29 is 4.79 Å². The van der Waals surface area contributed by atoms with Gasteiger partial charge >= 0.3 is 0 Å². The van der Waals surface area contributed by atoms with Crippen molar-refractivity contribution >= 4 is 11.6 Å². The highest BCUT2D eigenvalue weighted by atomic mass is 16.1. The van der Waals surface area contributed by atoms with Gasteiger partial charge in [0.15, 0.2) is 0 Å². The Morgan fingerprint density at radius 3 is 2.59 bits per heavy atom. The summed E-state index contributed by atoms with van der Waals surface area (Å²) < 4.78 is 1.69. The Balaban J connectivity index is 1.40. The van der Waals surface area contributed by atoms with Crippen molar-refractivity contribution in [1.82, 2.24) is 24.9 Å². The summed E-state index contributed by atoms with van der Waals surface area (Å²) in [5.41, 5.74) is 7.29. The molecule has 0 aliphatic carbocycles. The van der Waals surface area contributed by atoms with E-state index in [2.05, 4.69) is 64.5 Å². The number of nitrogens with zero attached hydrogens (tertiary/aromatic N) is 5. The molecule has 7 heteroatoms. The highest BCUT2D eigenvalue weighted by molar-refractivity contribution is 6.05. The summed E-state index contributed by atoms with van der Waals surface area (Å²) in [6.07, 6.45) is 7.83. The number of nitrogens with one attached hydrogen (secondary N) is 1. The van der Waals surface area contributed by atoms with Crippen LogP contribution in [0.25, 0.3) is 16.9 Å². The Bertz CT molecular complexity index is 1400. The first-order chi connectivity index (χ1) is 17.8. The van der Waals surface area contributed by atoms with Crippen molar-refractivity contribution in [3.63, 3.8) is 0 Å². The largest absolute Gasteiger partial charge is 0.322 e. The van der Waals surface area contributed by atoms with Crippen LogP contribution in [0.4, 0.5) is 5.69 Å². The SMILES string of the molecule is Cc1ccc(C(=O)Nc2cc(CN3CCCC3)cc(C(C)(C)C)c2)cc1-c1cn(-c2cccnc2)nn1. The lowest BCUT2D eigenvalue weighted by Gasteiger charge is -2.23. The van der Waals surface area contributed by atoms with E-state index in [1.165, 1.54) is 24.0 Å². The van der Waals surface area contributed by atoms with Gasteiger partial charge in [-0.05, 0) is 91.4 Å². The van der Waals surface area contributed by atoms with Crippen molar-refractivity contribution in [2.24, 2.45) is 0 Å². The molecule has 0 unspecified atom stereocenters. The summed E-state index contributed by atoms with van der Waals surface area (Å²) in [5, 5.41) is 11.8. The summed E-state index contributed by atoms with van der Waals surface area (Å²) in [7, 11) is 0. The van der Waals surface area contributed by atoms with Crippen LogP contribution in [0.2, 0.25) is 0 Å². The molecule has 0 radical (unpaired) electrons. The Labute approximate surface area is 218 Å². The van der Waals surface area contributed by atoms with Gasteiger partial charge in [0.25, 0.3) is 5.91 Å². The maximum Gasteiger partial charge on any atom is 0.255 e. The predicted molar refractivity (Wildman–Crippen MR) is 147 cm³/mol. The van der Waals surface area contributed by atoms with Crippen LogP contribution in [0.15, 0.2) is 67.1 Å². The smallest absolute Gasteiger partial charge is 0.255 e. The van der Waals surface area contributed by atoms with Gasteiger partial charge in [0.1, 0.15) is 5.69 Å². The zero-order valence-corrected chi connectivity index (χ0v) is 22.0. The van der Waals surface area contributed by atoms with E-state index in [0.717, 1.165) is 42.1 Å². The molecule has 190 valence electrons. The van der Waals surface area contributed by atoms with Crippen molar-refractivity contribution in [3.05, 3.63) is 89.4 Å². The monoisotopic (exact) mass is 494 g/mol. The average molecular weight is 495 g/mol. The summed E-state index contributed by atoms with van der Waals surface area (Å²) in [5.74, 6) is -0.140. The van der Waals surface area contributed by atoms with Crippen LogP contribution in [0.5, 0.6) is 0 Å². The van der Waals surface area contributed by atoms with Gasteiger partial charge in [0.05, 0.1) is 18.1 Å². The Hall–Kier alpha value is -3.84. The number of carbonyl (C=O) groups is 1. The van der Waals surface area contributed by atoms with Gasteiger partial charge in [-0.3, -0.25) is 14.7 Å². The lowest BCUT2D eigenvalue weighted by molar-refractivity contribution is 0.102. The van der Waals surface area contributed by atoms with E-state index >= 15 is 0 Å². The molecule has 4 aromatic rings. The zero-order valence-electron chi connectivity index (χ0n) is 22.0. The fourth-order valence-electron chi connectivity index (χ4n) is 4.73. The van der Waals surface area contributed by atoms with Crippen molar-refractivity contribution in [3.8, 4) is 16.9 Å². The molecule has 3 heterocycles. The van der Waals surface area contributed by atoms with Gasteiger partial charge in [-0.1, -0.05) is 38.1 Å². The topological polar surface area (TPSA) is 75.9 Å². The molecule has 1 amide bonds. The summed E-state index contributed by atoms with van der Waals surface area (Å²) in [6.45, 7) is 11.8. The van der Waals surface area contributed by atoms with Gasteiger partial charge in [-0.25, -0.2) is 4.68 Å². The minimum absolute atomic E-state index is 0.0162. The summed E-state index contributed by atoms with van der Waals surface area (Å²) in [4.78, 5) is 20.0. The van der Waals surface area contributed by atoms with E-state index in [1.54, 1.807) is 17.1 Å². The number of likely N-dealkylation sites (tertiary alicyclic amines) is 1. The van der Waals surface area contributed by atoms with Gasteiger partial charge in [0, 0.05) is 29.6 Å². The minimum atomic E-state index is -0.140. The molecular weight excluding hydrogens is 460 g/mol. The molecule has 0 spiro atoms.